The minimum atomic E-state index is -0.496. The summed E-state index contributed by atoms with van der Waals surface area (Å²) in [5.74, 6) is -0.0526. The molecule has 1 aromatic rings. The van der Waals surface area contributed by atoms with Crippen LogP contribution in [0.3, 0.4) is 0 Å². The first-order valence-corrected chi connectivity index (χ1v) is 15.3. The molecule has 2 aliphatic heterocycles. The molecule has 3 atom stereocenters. The molecule has 2 saturated carbocycles. The Morgan fingerprint density at radius 3 is 1.83 bits per heavy atom. The number of likely N-dealkylation sites (tertiary alicyclic amines) is 1. The van der Waals surface area contributed by atoms with Crippen molar-refractivity contribution in [1.29, 1.82) is 0 Å². The van der Waals surface area contributed by atoms with E-state index in [0.717, 1.165) is 31.5 Å². The number of ether oxygens (including phenoxy) is 2. The van der Waals surface area contributed by atoms with E-state index in [1.54, 1.807) is 0 Å². The van der Waals surface area contributed by atoms with Gasteiger partial charge in [-0.2, -0.15) is 0 Å². The summed E-state index contributed by atoms with van der Waals surface area (Å²) in [5.41, 5.74) is 0.0508. The van der Waals surface area contributed by atoms with Gasteiger partial charge in [0.25, 0.3) is 0 Å². The highest BCUT2D eigenvalue weighted by atomic mass is 16.6. The highest BCUT2D eigenvalue weighted by molar-refractivity contribution is 5.90. The molecule has 2 aliphatic carbocycles. The van der Waals surface area contributed by atoms with Gasteiger partial charge in [0, 0.05) is 25.0 Å². The molecule has 228 valence electrons. The van der Waals surface area contributed by atoms with Crippen LogP contribution in [-0.4, -0.2) is 53.6 Å². The van der Waals surface area contributed by atoms with Gasteiger partial charge in [-0.05, 0) is 90.5 Å². The van der Waals surface area contributed by atoms with E-state index < -0.39 is 5.60 Å². The smallest absolute Gasteiger partial charge is 0.306 e. The molecule has 7 heteroatoms. The van der Waals surface area contributed by atoms with Gasteiger partial charge < -0.3 is 19.7 Å². The SMILES string of the molecule is CC(C)(C)OC(=O)C[C@]1(C)CNCC12CC2.C[C@H](c1ccccc1)N1C[C@@](C)(CC(=O)OC(C)(C)C)C2(CC2)C1=O. The van der Waals surface area contributed by atoms with Crippen LogP contribution in [0.4, 0.5) is 0 Å². The Morgan fingerprint density at radius 2 is 1.37 bits per heavy atom. The number of hydrogen-bond donors (Lipinski definition) is 1. The van der Waals surface area contributed by atoms with E-state index in [4.69, 9.17) is 9.47 Å². The number of benzene rings is 1. The molecule has 0 aromatic heterocycles. The maximum absolute atomic E-state index is 13.2. The Labute approximate surface area is 247 Å². The molecule has 1 N–H and O–H groups in total. The molecule has 0 unspecified atom stereocenters. The second kappa shape index (κ2) is 10.7. The Hall–Kier alpha value is -2.41. The van der Waals surface area contributed by atoms with E-state index in [2.05, 4.69) is 38.2 Å². The molecular weight excluding hydrogens is 516 g/mol. The van der Waals surface area contributed by atoms with Gasteiger partial charge in [-0.3, -0.25) is 14.4 Å². The van der Waals surface area contributed by atoms with Crippen molar-refractivity contribution in [3.05, 3.63) is 35.9 Å². The normalized spacial score (nSPS) is 28.2. The number of carbonyl (C=O) groups is 3. The molecule has 41 heavy (non-hydrogen) atoms. The third-order valence-electron chi connectivity index (χ3n) is 9.87. The summed E-state index contributed by atoms with van der Waals surface area (Å²) in [4.78, 5) is 39.4. The molecule has 0 bridgehead atoms. The minimum Gasteiger partial charge on any atom is -0.460 e. The van der Waals surface area contributed by atoms with E-state index in [1.165, 1.54) is 12.8 Å². The monoisotopic (exact) mass is 568 g/mol. The Kier molecular flexibility index (Phi) is 8.22. The van der Waals surface area contributed by atoms with Gasteiger partial charge in [0.15, 0.2) is 0 Å². The van der Waals surface area contributed by atoms with Crippen LogP contribution >= 0.6 is 0 Å². The molecule has 7 nitrogen and oxygen atoms in total. The van der Waals surface area contributed by atoms with Gasteiger partial charge in [-0.1, -0.05) is 44.2 Å². The molecule has 2 spiro atoms. The highest BCUT2D eigenvalue weighted by Gasteiger charge is 2.69. The molecule has 1 aromatic carbocycles. The van der Waals surface area contributed by atoms with E-state index in [-0.39, 0.29) is 45.7 Å². The van der Waals surface area contributed by atoms with Crippen molar-refractivity contribution < 1.29 is 23.9 Å². The lowest BCUT2D eigenvalue weighted by atomic mass is 9.74. The zero-order valence-corrected chi connectivity index (χ0v) is 26.8. The highest BCUT2D eigenvalue weighted by Crippen LogP contribution is 2.66. The van der Waals surface area contributed by atoms with Gasteiger partial charge in [0.05, 0.1) is 24.3 Å². The molecule has 4 fully saturated rings. The van der Waals surface area contributed by atoms with E-state index in [1.807, 2.05) is 64.6 Å². The molecule has 0 radical (unpaired) electrons. The van der Waals surface area contributed by atoms with Crippen molar-refractivity contribution in [2.45, 2.75) is 118 Å². The van der Waals surface area contributed by atoms with Gasteiger partial charge >= 0.3 is 11.9 Å². The average molecular weight is 569 g/mol. The predicted molar refractivity (Wildman–Crippen MR) is 160 cm³/mol. The van der Waals surface area contributed by atoms with Crippen molar-refractivity contribution in [3.63, 3.8) is 0 Å². The molecule has 5 rings (SSSR count). The Balaban J connectivity index is 0.000000208. The van der Waals surface area contributed by atoms with Gasteiger partial charge in [-0.25, -0.2) is 0 Å². The predicted octanol–water partition coefficient (Wildman–Crippen LogP) is 6.22. The van der Waals surface area contributed by atoms with E-state index in [0.29, 0.717) is 24.8 Å². The van der Waals surface area contributed by atoms with Gasteiger partial charge in [0.1, 0.15) is 11.2 Å². The summed E-state index contributed by atoms with van der Waals surface area (Å²) in [6.07, 6.45) is 5.14. The summed E-state index contributed by atoms with van der Waals surface area (Å²) in [6, 6.07) is 10.1. The first-order valence-electron chi connectivity index (χ1n) is 15.3. The number of hydrogen-bond acceptors (Lipinski definition) is 6. The summed E-state index contributed by atoms with van der Waals surface area (Å²) in [6.45, 7) is 20.4. The lowest BCUT2D eigenvalue weighted by Gasteiger charge is -2.31. The quantitative estimate of drug-likeness (QED) is 0.411. The second-order valence-corrected chi connectivity index (χ2v) is 15.6. The molecule has 1 amide bonds. The molecule has 2 heterocycles. The average Bonchev–Trinajstić information content (AvgIpc) is 3.73. The van der Waals surface area contributed by atoms with Crippen LogP contribution < -0.4 is 5.32 Å². The van der Waals surface area contributed by atoms with Crippen molar-refractivity contribution in [1.82, 2.24) is 10.2 Å². The molecular formula is C34H52N2O5. The standard InChI is InChI=1S/C21H29NO3.C13H23NO2/c1-15(16-9-7-6-8-10-16)22-14-20(5,21(11-12-21)18(22)24)13-17(23)25-19(2,3)4;1-11(2,3)16-10(15)7-12(4)8-14-9-13(12)5-6-13/h6-10,15H,11-14H2,1-5H3;14H,5-9H2,1-4H3/t15-,20-;12-/m11/s1. The summed E-state index contributed by atoms with van der Waals surface area (Å²) in [7, 11) is 0. The number of carbonyl (C=O) groups excluding carboxylic acids is 3. The van der Waals surface area contributed by atoms with Crippen molar-refractivity contribution >= 4 is 17.8 Å². The van der Waals surface area contributed by atoms with Crippen molar-refractivity contribution in [2.75, 3.05) is 19.6 Å². The first kappa shape index (κ1) is 31.5. The largest absolute Gasteiger partial charge is 0.460 e. The van der Waals surface area contributed by atoms with Crippen LogP contribution in [0, 0.1) is 21.7 Å². The lowest BCUT2D eigenvalue weighted by molar-refractivity contribution is -0.159. The van der Waals surface area contributed by atoms with Crippen LogP contribution in [0.25, 0.3) is 0 Å². The third kappa shape index (κ3) is 6.65. The summed E-state index contributed by atoms with van der Waals surface area (Å²) >= 11 is 0. The van der Waals surface area contributed by atoms with Gasteiger partial charge in [-0.15, -0.1) is 0 Å². The van der Waals surface area contributed by atoms with Crippen LogP contribution in [0.2, 0.25) is 0 Å². The zero-order chi connectivity index (χ0) is 30.5. The van der Waals surface area contributed by atoms with Crippen LogP contribution in [0.1, 0.15) is 112 Å². The Bertz CT molecular complexity index is 1140. The summed E-state index contributed by atoms with van der Waals surface area (Å²) < 4.78 is 11.0. The fourth-order valence-electron chi connectivity index (χ4n) is 7.08. The number of esters is 2. The molecule has 4 aliphatic rings. The second-order valence-electron chi connectivity index (χ2n) is 15.6. The van der Waals surface area contributed by atoms with Gasteiger partial charge in [0.2, 0.25) is 5.91 Å². The zero-order valence-electron chi connectivity index (χ0n) is 26.8. The van der Waals surface area contributed by atoms with Crippen LogP contribution in [0.5, 0.6) is 0 Å². The number of rotatable bonds is 6. The minimum absolute atomic E-state index is 0.0200. The van der Waals surface area contributed by atoms with Crippen LogP contribution in [0.15, 0.2) is 30.3 Å². The first-order chi connectivity index (χ1) is 18.8. The number of nitrogens with one attached hydrogen (secondary N) is 1. The maximum Gasteiger partial charge on any atom is 0.306 e. The van der Waals surface area contributed by atoms with Crippen molar-refractivity contribution in [2.24, 2.45) is 21.7 Å². The van der Waals surface area contributed by atoms with Crippen molar-refractivity contribution in [3.8, 4) is 0 Å². The number of amides is 1. The maximum atomic E-state index is 13.2. The molecule has 2 saturated heterocycles. The summed E-state index contributed by atoms with van der Waals surface area (Å²) in [5, 5.41) is 3.43. The van der Waals surface area contributed by atoms with Crippen LogP contribution in [-0.2, 0) is 23.9 Å². The topological polar surface area (TPSA) is 84.9 Å². The Morgan fingerprint density at radius 1 is 0.854 bits per heavy atom. The van der Waals surface area contributed by atoms with E-state index >= 15 is 0 Å². The fraction of sp³-hybridized carbons (Fsp3) is 0.735. The lowest BCUT2D eigenvalue weighted by Crippen LogP contribution is -2.35. The fourth-order valence-corrected chi connectivity index (χ4v) is 7.08. The third-order valence-corrected chi connectivity index (χ3v) is 9.87. The van der Waals surface area contributed by atoms with E-state index in [9.17, 15) is 14.4 Å². The number of nitrogens with zero attached hydrogens (tertiary/aromatic N) is 1.